The molecule has 0 fully saturated rings. The fourth-order valence-electron chi connectivity index (χ4n) is 1.49. The van der Waals surface area contributed by atoms with Crippen molar-refractivity contribution >= 4 is 38.9 Å². The highest BCUT2D eigenvalue weighted by Crippen LogP contribution is 2.25. The quantitative estimate of drug-likeness (QED) is 0.837. The van der Waals surface area contributed by atoms with Crippen molar-refractivity contribution in [3.63, 3.8) is 0 Å². The van der Waals surface area contributed by atoms with E-state index in [2.05, 4.69) is 22.8 Å². The summed E-state index contributed by atoms with van der Waals surface area (Å²) in [6, 6.07) is 8.17. The first kappa shape index (κ1) is 11.4. The summed E-state index contributed by atoms with van der Waals surface area (Å²) in [6.45, 7) is 2.21. The molecule has 0 aliphatic heterocycles. The van der Waals surface area contributed by atoms with Crippen molar-refractivity contribution in [3.05, 3.63) is 35.2 Å². The van der Waals surface area contributed by atoms with E-state index in [1.54, 1.807) is 18.3 Å². The van der Waals surface area contributed by atoms with Gasteiger partial charge in [-0.1, -0.05) is 18.2 Å². The van der Waals surface area contributed by atoms with Crippen molar-refractivity contribution in [2.45, 2.75) is 18.8 Å². The van der Waals surface area contributed by atoms with Gasteiger partial charge in [-0.15, -0.1) is 22.9 Å². The van der Waals surface area contributed by atoms with Gasteiger partial charge in [0.05, 0.1) is 0 Å². The molecule has 0 saturated heterocycles. The Morgan fingerprint density at radius 1 is 1.50 bits per heavy atom. The second-order valence-electron chi connectivity index (χ2n) is 3.59. The van der Waals surface area contributed by atoms with Crippen molar-refractivity contribution in [1.82, 2.24) is 5.32 Å². The number of hydrogen-bond donors (Lipinski definition) is 1. The number of fused-ring (bicyclic) bond motifs is 1. The lowest BCUT2D eigenvalue weighted by atomic mass is 10.2. The zero-order valence-electron chi connectivity index (χ0n) is 8.87. The molecule has 1 aromatic carbocycles. The Hall–Kier alpha value is -1.06. The fourth-order valence-corrected chi connectivity index (χ4v) is 2.53. The van der Waals surface area contributed by atoms with Gasteiger partial charge in [0.2, 0.25) is 5.91 Å². The van der Waals surface area contributed by atoms with E-state index in [0.717, 1.165) is 5.56 Å². The van der Waals surface area contributed by atoms with Crippen LogP contribution in [0, 0.1) is 0 Å². The molecule has 1 unspecified atom stereocenters. The average Bonchev–Trinajstić information content (AvgIpc) is 2.69. The number of nitrogens with one attached hydrogen (secondary N) is 1. The molecule has 0 bridgehead atoms. The van der Waals surface area contributed by atoms with Crippen LogP contribution in [0.5, 0.6) is 0 Å². The first-order valence-corrected chi connectivity index (χ1v) is 6.37. The Kier molecular flexibility index (Phi) is 3.46. The second-order valence-corrected chi connectivity index (χ2v) is 5.16. The maximum atomic E-state index is 11.3. The SMILES string of the molecule is CC(Cl)C(=O)NCc1csc2ccccc12. The predicted octanol–water partition coefficient (Wildman–Crippen LogP) is 3.14. The molecule has 1 atom stereocenters. The minimum Gasteiger partial charge on any atom is -0.351 e. The van der Waals surface area contributed by atoms with Crippen LogP contribution in [-0.4, -0.2) is 11.3 Å². The number of amides is 1. The van der Waals surface area contributed by atoms with E-state index in [0.29, 0.717) is 6.54 Å². The normalized spacial score (nSPS) is 12.6. The summed E-state index contributed by atoms with van der Waals surface area (Å²) in [5.41, 5.74) is 1.14. The van der Waals surface area contributed by atoms with Gasteiger partial charge < -0.3 is 5.32 Å². The van der Waals surface area contributed by atoms with Crippen LogP contribution in [0.15, 0.2) is 29.6 Å². The van der Waals surface area contributed by atoms with E-state index in [9.17, 15) is 4.79 Å². The van der Waals surface area contributed by atoms with Crippen LogP contribution in [-0.2, 0) is 11.3 Å². The van der Waals surface area contributed by atoms with Crippen LogP contribution < -0.4 is 5.32 Å². The van der Waals surface area contributed by atoms with Gasteiger partial charge in [0, 0.05) is 11.2 Å². The molecule has 0 saturated carbocycles. The van der Waals surface area contributed by atoms with Crippen molar-refractivity contribution in [3.8, 4) is 0 Å². The van der Waals surface area contributed by atoms with Gasteiger partial charge in [-0.3, -0.25) is 4.79 Å². The van der Waals surface area contributed by atoms with Crippen LogP contribution in [0.2, 0.25) is 0 Å². The number of alkyl halides is 1. The number of hydrogen-bond acceptors (Lipinski definition) is 2. The first-order valence-electron chi connectivity index (χ1n) is 5.05. The molecular formula is C12H12ClNOS. The van der Waals surface area contributed by atoms with Gasteiger partial charge in [0.1, 0.15) is 5.38 Å². The lowest BCUT2D eigenvalue weighted by molar-refractivity contribution is -0.120. The summed E-state index contributed by atoms with van der Waals surface area (Å²) in [5, 5.41) is 5.61. The molecule has 1 aromatic heterocycles. The number of carbonyl (C=O) groups is 1. The van der Waals surface area contributed by atoms with E-state index < -0.39 is 5.38 Å². The Bertz CT molecular complexity index is 506. The van der Waals surface area contributed by atoms with Gasteiger partial charge in [-0.25, -0.2) is 0 Å². The van der Waals surface area contributed by atoms with E-state index in [1.165, 1.54) is 10.1 Å². The van der Waals surface area contributed by atoms with Gasteiger partial charge in [0.25, 0.3) is 0 Å². The number of benzene rings is 1. The van der Waals surface area contributed by atoms with E-state index >= 15 is 0 Å². The zero-order chi connectivity index (χ0) is 11.5. The number of carbonyl (C=O) groups excluding carboxylic acids is 1. The van der Waals surface area contributed by atoms with E-state index in [1.807, 2.05) is 12.1 Å². The monoisotopic (exact) mass is 253 g/mol. The topological polar surface area (TPSA) is 29.1 Å². The maximum absolute atomic E-state index is 11.3. The summed E-state index contributed by atoms with van der Waals surface area (Å²) in [7, 11) is 0. The van der Waals surface area contributed by atoms with Crippen LogP contribution in [0.1, 0.15) is 12.5 Å². The highest BCUT2D eigenvalue weighted by molar-refractivity contribution is 7.17. The highest BCUT2D eigenvalue weighted by atomic mass is 35.5. The molecule has 2 nitrogen and oxygen atoms in total. The Morgan fingerprint density at radius 2 is 2.25 bits per heavy atom. The third-order valence-corrected chi connectivity index (χ3v) is 3.59. The van der Waals surface area contributed by atoms with Gasteiger partial charge in [0.15, 0.2) is 0 Å². The lowest BCUT2D eigenvalue weighted by Crippen LogP contribution is -2.28. The zero-order valence-corrected chi connectivity index (χ0v) is 10.4. The van der Waals surface area contributed by atoms with Crippen molar-refractivity contribution in [2.75, 3.05) is 0 Å². The van der Waals surface area contributed by atoms with Crippen LogP contribution in [0.4, 0.5) is 0 Å². The molecule has 0 spiro atoms. The van der Waals surface area contributed by atoms with Crippen LogP contribution in [0.25, 0.3) is 10.1 Å². The van der Waals surface area contributed by atoms with Gasteiger partial charge in [-0.05, 0) is 29.3 Å². The number of thiophene rings is 1. The summed E-state index contributed by atoms with van der Waals surface area (Å²) in [4.78, 5) is 11.3. The molecule has 1 amide bonds. The molecule has 84 valence electrons. The molecule has 1 heterocycles. The minimum absolute atomic E-state index is 0.128. The van der Waals surface area contributed by atoms with Crippen LogP contribution in [0.3, 0.4) is 0 Å². The molecule has 1 N–H and O–H groups in total. The summed E-state index contributed by atoms with van der Waals surface area (Å²) in [5.74, 6) is -0.128. The van der Waals surface area contributed by atoms with Gasteiger partial charge in [-0.2, -0.15) is 0 Å². The molecular weight excluding hydrogens is 242 g/mol. The molecule has 2 rings (SSSR count). The summed E-state index contributed by atoms with van der Waals surface area (Å²) < 4.78 is 1.24. The Morgan fingerprint density at radius 3 is 3.00 bits per heavy atom. The molecule has 2 aromatic rings. The second kappa shape index (κ2) is 4.85. The van der Waals surface area contributed by atoms with Crippen molar-refractivity contribution in [2.24, 2.45) is 0 Å². The Labute approximate surface area is 103 Å². The lowest BCUT2D eigenvalue weighted by Gasteiger charge is -2.05. The van der Waals surface area contributed by atoms with Gasteiger partial charge >= 0.3 is 0 Å². The third-order valence-electron chi connectivity index (χ3n) is 2.38. The minimum atomic E-state index is -0.482. The predicted molar refractivity (Wildman–Crippen MR) is 69.0 cm³/mol. The number of halogens is 1. The van der Waals surface area contributed by atoms with Crippen molar-refractivity contribution in [1.29, 1.82) is 0 Å². The third kappa shape index (κ3) is 2.36. The van der Waals surface area contributed by atoms with Crippen molar-refractivity contribution < 1.29 is 4.79 Å². The van der Waals surface area contributed by atoms with Crippen LogP contribution >= 0.6 is 22.9 Å². The molecule has 0 aliphatic carbocycles. The Balaban J connectivity index is 2.13. The maximum Gasteiger partial charge on any atom is 0.238 e. The molecule has 4 heteroatoms. The highest BCUT2D eigenvalue weighted by Gasteiger charge is 2.09. The van der Waals surface area contributed by atoms with E-state index in [4.69, 9.17) is 11.6 Å². The summed E-state index contributed by atoms with van der Waals surface area (Å²) >= 11 is 7.37. The average molecular weight is 254 g/mol. The standard InChI is InChI=1S/C12H12ClNOS/c1-8(13)12(15)14-6-9-7-16-11-5-3-2-4-10(9)11/h2-5,7-8H,6H2,1H3,(H,14,15). The number of rotatable bonds is 3. The fraction of sp³-hybridized carbons (Fsp3) is 0.250. The largest absolute Gasteiger partial charge is 0.351 e. The first-order chi connectivity index (χ1) is 7.68. The smallest absolute Gasteiger partial charge is 0.238 e. The molecule has 0 aliphatic rings. The molecule has 16 heavy (non-hydrogen) atoms. The summed E-state index contributed by atoms with van der Waals surface area (Å²) in [6.07, 6.45) is 0. The van der Waals surface area contributed by atoms with E-state index in [-0.39, 0.29) is 5.91 Å². The molecule has 0 radical (unpaired) electrons.